The Kier molecular flexibility index (Phi) is 7.37. The lowest BCUT2D eigenvalue weighted by atomic mass is 9.98. The van der Waals surface area contributed by atoms with Crippen LogP contribution < -0.4 is 5.32 Å². The average molecular weight is 628 g/mol. The van der Waals surface area contributed by atoms with Gasteiger partial charge in [-0.3, -0.25) is 4.79 Å². The molecule has 0 atom stereocenters. The van der Waals surface area contributed by atoms with Gasteiger partial charge in [-0.2, -0.15) is 5.10 Å². The first kappa shape index (κ1) is 26.5. The Hall–Kier alpha value is -3.11. The highest BCUT2D eigenvalue weighted by molar-refractivity contribution is 9.10. The minimum absolute atomic E-state index is 0.219. The van der Waals surface area contributed by atoms with Crippen LogP contribution in [0.25, 0.3) is 27.6 Å². The number of nitrogens with one attached hydrogen (secondary N) is 1. The molecule has 0 aliphatic heterocycles. The van der Waals surface area contributed by atoms with Gasteiger partial charge in [-0.25, -0.2) is 9.67 Å². The van der Waals surface area contributed by atoms with Crippen molar-refractivity contribution >= 4 is 62.2 Å². The molecule has 0 radical (unpaired) electrons. The van der Waals surface area contributed by atoms with Crippen molar-refractivity contribution in [3.63, 3.8) is 0 Å². The molecule has 0 spiro atoms. The molecule has 3 aromatic heterocycles. The van der Waals surface area contributed by atoms with Gasteiger partial charge in [-0.05, 0) is 42.5 Å². The molecule has 11 heteroatoms. The van der Waals surface area contributed by atoms with Crippen LogP contribution in [0.4, 0.5) is 5.82 Å². The Morgan fingerprint density at radius 3 is 2.42 bits per heavy atom. The average Bonchev–Trinajstić information content (AvgIpc) is 3.51. The second-order valence-corrected chi connectivity index (χ2v) is 12.2. The molecule has 1 amide bonds. The summed E-state index contributed by atoms with van der Waals surface area (Å²) >= 11 is 17.7. The zero-order valence-corrected chi connectivity index (χ0v) is 24.5. The number of pyridine rings is 1. The highest BCUT2D eigenvalue weighted by Gasteiger charge is 2.31. The maximum absolute atomic E-state index is 13.9. The number of carbonyl (C=O) groups is 1. The first-order valence-corrected chi connectivity index (χ1v) is 13.9. The molecule has 1 N–H and O–H groups in total. The zero-order valence-electron chi connectivity index (χ0n) is 20.5. The number of benzene rings is 2. The lowest BCUT2D eigenvalue weighted by Gasteiger charge is -2.12. The number of hydrogen-bond acceptors (Lipinski definition) is 6. The van der Waals surface area contributed by atoms with E-state index in [2.05, 4.69) is 57.2 Å². The summed E-state index contributed by atoms with van der Waals surface area (Å²) in [4.78, 5) is 18.2. The Morgan fingerprint density at radius 1 is 1.03 bits per heavy atom. The number of nitrogens with zero attached hydrogens (tertiary/aromatic N) is 5. The van der Waals surface area contributed by atoms with Crippen LogP contribution in [-0.4, -0.2) is 30.9 Å². The smallest absolute Gasteiger partial charge is 0.261 e. The molecule has 5 rings (SSSR count). The van der Waals surface area contributed by atoms with Gasteiger partial charge in [0.15, 0.2) is 5.01 Å². The highest BCUT2D eigenvalue weighted by Crippen LogP contribution is 2.39. The quantitative estimate of drug-likeness (QED) is 0.213. The lowest BCUT2D eigenvalue weighted by molar-refractivity contribution is 0.102. The normalized spacial score (nSPS) is 11.5. The summed E-state index contributed by atoms with van der Waals surface area (Å²) in [6, 6.07) is 18.1. The van der Waals surface area contributed by atoms with Crippen molar-refractivity contribution in [2.24, 2.45) is 0 Å². The van der Waals surface area contributed by atoms with E-state index in [1.165, 1.54) is 11.3 Å². The second kappa shape index (κ2) is 10.6. The molecule has 7 nitrogen and oxygen atoms in total. The number of carbonyl (C=O) groups excluding carboxylic acids is 1. The Morgan fingerprint density at radius 2 is 1.79 bits per heavy atom. The van der Waals surface area contributed by atoms with Crippen LogP contribution in [0.1, 0.15) is 36.1 Å². The summed E-state index contributed by atoms with van der Waals surface area (Å²) in [7, 11) is 0. The summed E-state index contributed by atoms with van der Waals surface area (Å²) in [5.74, 6) is 0.0237. The van der Waals surface area contributed by atoms with Crippen molar-refractivity contribution in [3.8, 4) is 27.6 Å². The van der Waals surface area contributed by atoms with Gasteiger partial charge in [0.2, 0.25) is 0 Å². The van der Waals surface area contributed by atoms with E-state index in [1.807, 2.05) is 24.3 Å². The minimum atomic E-state index is -0.388. The third kappa shape index (κ3) is 5.37. The van der Waals surface area contributed by atoms with Gasteiger partial charge >= 0.3 is 0 Å². The number of anilines is 1. The Bertz CT molecular complexity index is 1630. The topological polar surface area (TPSA) is 85.6 Å². The number of rotatable bonds is 5. The SMILES string of the molecule is CC(C)(C)c1nnc(-c2nn(-c3ccc(Cl)cc3Cl)c(-c3ccc(Br)cc3)c2C(=O)Nc2ccccn2)s1. The first-order valence-electron chi connectivity index (χ1n) is 11.5. The van der Waals surface area contributed by atoms with Crippen LogP contribution in [0.15, 0.2) is 71.3 Å². The summed E-state index contributed by atoms with van der Waals surface area (Å²) in [5, 5.41) is 18.9. The summed E-state index contributed by atoms with van der Waals surface area (Å²) in [5.41, 5.74) is 2.34. The second-order valence-electron chi connectivity index (χ2n) is 9.42. The first-order chi connectivity index (χ1) is 18.1. The molecular weight excluding hydrogens is 607 g/mol. The zero-order chi connectivity index (χ0) is 27.0. The standard InChI is InChI=1S/C27H21BrCl2N6OS/c1-27(2,3)26-34-33-25(38-26)22-21(24(37)32-20-6-4-5-13-31-20)23(15-7-9-16(28)10-8-15)36(35-22)19-12-11-17(29)14-18(19)30/h4-14H,1-3H3,(H,31,32,37). The third-order valence-electron chi connectivity index (χ3n) is 5.54. The van der Waals surface area contributed by atoms with Crippen molar-refractivity contribution in [1.29, 1.82) is 0 Å². The molecule has 3 heterocycles. The van der Waals surface area contributed by atoms with Gasteiger partial charge in [0.1, 0.15) is 16.5 Å². The lowest BCUT2D eigenvalue weighted by Crippen LogP contribution is -2.15. The van der Waals surface area contributed by atoms with E-state index < -0.39 is 0 Å². The molecular formula is C27H21BrCl2N6OS. The fourth-order valence-corrected chi connectivity index (χ4v) is 5.37. The van der Waals surface area contributed by atoms with Gasteiger partial charge in [0, 0.05) is 26.7 Å². The predicted molar refractivity (Wildman–Crippen MR) is 157 cm³/mol. The molecule has 38 heavy (non-hydrogen) atoms. The molecule has 0 fully saturated rings. The van der Waals surface area contributed by atoms with Gasteiger partial charge in [0.05, 0.1) is 22.0 Å². The molecule has 0 saturated heterocycles. The number of hydrogen-bond donors (Lipinski definition) is 1. The minimum Gasteiger partial charge on any atom is -0.306 e. The molecule has 192 valence electrons. The Labute approximate surface area is 242 Å². The van der Waals surface area contributed by atoms with E-state index in [1.54, 1.807) is 47.3 Å². The summed E-state index contributed by atoms with van der Waals surface area (Å²) in [6.07, 6.45) is 1.61. The predicted octanol–water partition coefficient (Wildman–Crippen LogP) is 8.07. The third-order valence-corrected chi connectivity index (χ3v) is 7.97. The fourth-order valence-electron chi connectivity index (χ4n) is 3.72. The van der Waals surface area contributed by atoms with E-state index in [-0.39, 0.29) is 11.3 Å². The van der Waals surface area contributed by atoms with Crippen LogP contribution in [0.3, 0.4) is 0 Å². The maximum Gasteiger partial charge on any atom is 0.261 e. The molecule has 0 saturated carbocycles. The van der Waals surface area contributed by atoms with Crippen LogP contribution in [0, 0.1) is 0 Å². The summed E-state index contributed by atoms with van der Waals surface area (Å²) in [6.45, 7) is 6.18. The Balaban J connectivity index is 1.80. The molecule has 0 unspecified atom stereocenters. The molecule has 5 aromatic rings. The monoisotopic (exact) mass is 626 g/mol. The van der Waals surface area contributed by atoms with E-state index in [0.29, 0.717) is 43.5 Å². The van der Waals surface area contributed by atoms with Crippen molar-refractivity contribution < 1.29 is 4.79 Å². The van der Waals surface area contributed by atoms with E-state index in [9.17, 15) is 4.79 Å². The number of amides is 1. The van der Waals surface area contributed by atoms with Crippen LogP contribution in [0.5, 0.6) is 0 Å². The van der Waals surface area contributed by atoms with Crippen molar-refractivity contribution in [2.45, 2.75) is 26.2 Å². The molecule has 0 aliphatic rings. The van der Waals surface area contributed by atoms with Crippen LogP contribution in [0.2, 0.25) is 10.0 Å². The maximum atomic E-state index is 13.9. The van der Waals surface area contributed by atoms with E-state index in [4.69, 9.17) is 28.3 Å². The van der Waals surface area contributed by atoms with E-state index >= 15 is 0 Å². The number of aromatic nitrogens is 5. The van der Waals surface area contributed by atoms with Gasteiger partial charge in [-0.1, -0.05) is 89.4 Å². The largest absolute Gasteiger partial charge is 0.306 e. The van der Waals surface area contributed by atoms with Gasteiger partial charge in [-0.15, -0.1) is 10.2 Å². The van der Waals surface area contributed by atoms with Gasteiger partial charge in [0.25, 0.3) is 5.91 Å². The van der Waals surface area contributed by atoms with Crippen LogP contribution in [-0.2, 0) is 5.41 Å². The highest BCUT2D eigenvalue weighted by atomic mass is 79.9. The molecule has 2 aromatic carbocycles. The molecule has 0 bridgehead atoms. The molecule has 0 aliphatic carbocycles. The van der Waals surface area contributed by atoms with Crippen molar-refractivity contribution in [3.05, 3.63) is 91.9 Å². The fraction of sp³-hybridized carbons (Fsp3) is 0.148. The van der Waals surface area contributed by atoms with E-state index in [0.717, 1.165) is 15.0 Å². The number of halogens is 3. The van der Waals surface area contributed by atoms with Crippen LogP contribution >= 0.6 is 50.5 Å². The summed E-state index contributed by atoms with van der Waals surface area (Å²) < 4.78 is 2.55. The van der Waals surface area contributed by atoms with Crippen molar-refractivity contribution in [1.82, 2.24) is 25.0 Å². The van der Waals surface area contributed by atoms with Gasteiger partial charge < -0.3 is 5.32 Å². The van der Waals surface area contributed by atoms with Crippen molar-refractivity contribution in [2.75, 3.05) is 5.32 Å².